The van der Waals surface area contributed by atoms with Crippen molar-refractivity contribution in [1.29, 1.82) is 0 Å². The standard InChI is InChI=1S/C23H26N2O5/c1-6-12-25-17-13-15(10-11-18(17)30-14-23(2,3)22(25)27)24-21(26)16-8-7-9-19(28-4)20(16)29-5/h6-11,13H,1,12,14H2,2-5H3,(H,24,26). The van der Waals surface area contributed by atoms with Crippen molar-refractivity contribution >= 4 is 23.2 Å². The number of carbonyl (C=O) groups excluding carboxylic acids is 2. The predicted molar refractivity (Wildman–Crippen MR) is 116 cm³/mol. The first-order valence-corrected chi connectivity index (χ1v) is 9.54. The summed E-state index contributed by atoms with van der Waals surface area (Å²) < 4.78 is 16.5. The van der Waals surface area contributed by atoms with Crippen LogP contribution in [-0.2, 0) is 4.79 Å². The Kier molecular flexibility index (Phi) is 6.01. The van der Waals surface area contributed by atoms with Crippen LogP contribution in [0.3, 0.4) is 0 Å². The van der Waals surface area contributed by atoms with Gasteiger partial charge in [0.2, 0.25) is 5.91 Å². The summed E-state index contributed by atoms with van der Waals surface area (Å²) >= 11 is 0. The molecule has 0 aliphatic carbocycles. The Labute approximate surface area is 176 Å². The molecule has 3 rings (SSSR count). The summed E-state index contributed by atoms with van der Waals surface area (Å²) in [6.45, 7) is 8.04. The fraction of sp³-hybridized carbons (Fsp3) is 0.304. The predicted octanol–water partition coefficient (Wildman–Crippen LogP) is 3.89. The molecule has 7 heteroatoms. The highest BCUT2D eigenvalue weighted by atomic mass is 16.5. The van der Waals surface area contributed by atoms with Gasteiger partial charge >= 0.3 is 0 Å². The molecule has 1 aliphatic rings. The number of ether oxygens (including phenoxy) is 3. The third-order valence-electron chi connectivity index (χ3n) is 4.88. The molecule has 0 spiro atoms. The van der Waals surface area contributed by atoms with Gasteiger partial charge < -0.3 is 24.4 Å². The van der Waals surface area contributed by atoms with Gasteiger partial charge in [-0.1, -0.05) is 12.1 Å². The monoisotopic (exact) mass is 410 g/mol. The van der Waals surface area contributed by atoms with Gasteiger partial charge in [-0.05, 0) is 44.2 Å². The Bertz CT molecular complexity index is 984. The van der Waals surface area contributed by atoms with E-state index in [2.05, 4.69) is 11.9 Å². The number of nitrogens with one attached hydrogen (secondary N) is 1. The summed E-state index contributed by atoms with van der Waals surface area (Å²) in [4.78, 5) is 27.5. The average Bonchev–Trinajstić information content (AvgIpc) is 2.83. The second-order valence-electron chi connectivity index (χ2n) is 7.55. The van der Waals surface area contributed by atoms with E-state index in [0.717, 1.165) is 0 Å². The Morgan fingerprint density at radius 3 is 2.70 bits per heavy atom. The molecule has 0 saturated heterocycles. The van der Waals surface area contributed by atoms with Crippen molar-refractivity contribution in [3.63, 3.8) is 0 Å². The molecular formula is C23H26N2O5. The number of anilines is 2. The van der Waals surface area contributed by atoms with E-state index in [0.29, 0.717) is 40.7 Å². The topological polar surface area (TPSA) is 77.1 Å². The smallest absolute Gasteiger partial charge is 0.259 e. The first-order chi connectivity index (χ1) is 14.3. The van der Waals surface area contributed by atoms with Crippen LogP contribution in [0, 0.1) is 5.41 Å². The minimum Gasteiger partial charge on any atom is -0.493 e. The molecule has 1 N–H and O–H groups in total. The number of hydrogen-bond donors (Lipinski definition) is 1. The van der Waals surface area contributed by atoms with Gasteiger partial charge in [-0.2, -0.15) is 0 Å². The van der Waals surface area contributed by atoms with Gasteiger partial charge in [-0.15, -0.1) is 6.58 Å². The summed E-state index contributed by atoms with van der Waals surface area (Å²) in [6, 6.07) is 10.3. The molecule has 1 aliphatic heterocycles. The molecule has 2 aromatic carbocycles. The normalized spacial score (nSPS) is 14.8. The quantitative estimate of drug-likeness (QED) is 0.731. The van der Waals surface area contributed by atoms with Crippen molar-refractivity contribution in [2.45, 2.75) is 13.8 Å². The molecule has 1 heterocycles. The van der Waals surface area contributed by atoms with E-state index in [4.69, 9.17) is 14.2 Å². The van der Waals surface area contributed by atoms with Gasteiger partial charge in [0.25, 0.3) is 5.91 Å². The summed E-state index contributed by atoms with van der Waals surface area (Å²) in [5, 5.41) is 2.86. The molecule has 0 saturated carbocycles. The largest absolute Gasteiger partial charge is 0.493 e. The van der Waals surface area contributed by atoms with Crippen molar-refractivity contribution in [3.05, 3.63) is 54.6 Å². The van der Waals surface area contributed by atoms with E-state index in [9.17, 15) is 9.59 Å². The molecule has 0 fully saturated rings. The molecular weight excluding hydrogens is 384 g/mol. The number of nitrogens with zero attached hydrogens (tertiary/aromatic N) is 1. The van der Waals surface area contributed by atoms with Crippen molar-refractivity contribution in [2.24, 2.45) is 5.41 Å². The lowest BCUT2D eigenvalue weighted by Gasteiger charge is -2.27. The highest BCUT2D eigenvalue weighted by Crippen LogP contribution is 2.38. The van der Waals surface area contributed by atoms with Crippen molar-refractivity contribution < 1.29 is 23.8 Å². The lowest BCUT2D eigenvalue weighted by molar-refractivity contribution is -0.127. The number of amides is 2. The molecule has 0 aromatic heterocycles. The van der Waals surface area contributed by atoms with E-state index < -0.39 is 5.41 Å². The fourth-order valence-corrected chi connectivity index (χ4v) is 3.30. The maximum Gasteiger partial charge on any atom is 0.259 e. The molecule has 0 radical (unpaired) electrons. The van der Waals surface area contributed by atoms with Gasteiger partial charge in [0.05, 0.1) is 30.9 Å². The van der Waals surface area contributed by atoms with Crippen LogP contribution in [0.1, 0.15) is 24.2 Å². The number of rotatable bonds is 6. The maximum atomic E-state index is 13.0. The minimum absolute atomic E-state index is 0.0703. The van der Waals surface area contributed by atoms with Gasteiger partial charge in [-0.3, -0.25) is 9.59 Å². The average molecular weight is 410 g/mol. The number of para-hydroxylation sites is 1. The van der Waals surface area contributed by atoms with Crippen LogP contribution >= 0.6 is 0 Å². The highest BCUT2D eigenvalue weighted by molar-refractivity contribution is 6.07. The number of methoxy groups -OCH3 is 2. The molecule has 0 unspecified atom stereocenters. The van der Waals surface area contributed by atoms with Crippen LogP contribution in [-0.4, -0.2) is 39.2 Å². The van der Waals surface area contributed by atoms with Crippen LogP contribution in [0.5, 0.6) is 17.2 Å². The lowest BCUT2D eigenvalue weighted by Crippen LogP contribution is -2.42. The van der Waals surface area contributed by atoms with E-state index >= 15 is 0 Å². The summed E-state index contributed by atoms with van der Waals surface area (Å²) in [7, 11) is 2.99. The second-order valence-corrected chi connectivity index (χ2v) is 7.55. The Morgan fingerprint density at radius 1 is 1.27 bits per heavy atom. The van der Waals surface area contributed by atoms with Gasteiger partial charge in [-0.25, -0.2) is 0 Å². The van der Waals surface area contributed by atoms with Crippen molar-refractivity contribution in [3.8, 4) is 17.2 Å². The summed E-state index contributed by atoms with van der Waals surface area (Å²) in [5.74, 6) is 0.959. The highest BCUT2D eigenvalue weighted by Gasteiger charge is 2.37. The molecule has 30 heavy (non-hydrogen) atoms. The van der Waals surface area contributed by atoms with Crippen LogP contribution in [0.4, 0.5) is 11.4 Å². The summed E-state index contributed by atoms with van der Waals surface area (Å²) in [5.41, 5.74) is 0.761. The van der Waals surface area contributed by atoms with Crippen molar-refractivity contribution in [2.75, 3.05) is 37.6 Å². The molecule has 2 amide bonds. The van der Waals surface area contributed by atoms with Crippen LogP contribution in [0.2, 0.25) is 0 Å². The summed E-state index contributed by atoms with van der Waals surface area (Å²) in [6.07, 6.45) is 1.66. The Balaban J connectivity index is 1.95. The Hall–Kier alpha value is -3.48. The van der Waals surface area contributed by atoms with Crippen LogP contribution in [0.15, 0.2) is 49.1 Å². The fourth-order valence-electron chi connectivity index (χ4n) is 3.30. The number of fused-ring (bicyclic) bond motifs is 1. The molecule has 0 atom stereocenters. The van der Waals surface area contributed by atoms with E-state index in [1.54, 1.807) is 47.4 Å². The first kappa shape index (κ1) is 21.2. The van der Waals surface area contributed by atoms with E-state index in [1.807, 2.05) is 13.8 Å². The molecule has 7 nitrogen and oxygen atoms in total. The van der Waals surface area contributed by atoms with Crippen LogP contribution in [0.25, 0.3) is 0 Å². The van der Waals surface area contributed by atoms with Gasteiger partial charge in [0.1, 0.15) is 12.4 Å². The first-order valence-electron chi connectivity index (χ1n) is 9.54. The second kappa shape index (κ2) is 8.49. The molecule has 158 valence electrons. The maximum absolute atomic E-state index is 13.0. The lowest BCUT2D eigenvalue weighted by atomic mass is 9.93. The number of hydrogen-bond acceptors (Lipinski definition) is 5. The zero-order chi connectivity index (χ0) is 21.9. The zero-order valence-electron chi connectivity index (χ0n) is 17.7. The Morgan fingerprint density at radius 2 is 2.03 bits per heavy atom. The van der Waals surface area contributed by atoms with Crippen LogP contribution < -0.4 is 24.4 Å². The number of benzene rings is 2. The SMILES string of the molecule is C=CCN1C(=O)C(C)(C)COc2ccc(NC(=O)c3cccc(OC)c3OC)cc21. The molecule has 2 aromatic rings. The third-order valence-corrected chi connectivity index (χ3v) is 4.88. The van der Waals surface area contributed by atoms with Gasteiger partial charge in [0.15, 0.2) is 11.5 Å². The molecule has 0 bridgehead atoms. The number of carbonyl (C=O) groups is 2. The van der Waals surface area contributed by atoms with Gasteiger partial charge in [0, 0.05) is 12.2 Å². The zero-order valence-corrected chi connectivity index (χ0v) is 17.7. The van der Waals surface area contributed by atoms with E-state index in [1.165, 1.54) is 14.2 Å². The van der Waals surface area contributed by atoms with Crippen molar-refractivity contribution in [1.82, 2.24) is 0 Å². The third kappa shape index (κ3) is 3.96. The van der Waals surface area contributed by atoms with E-state index in [-0.39, 0.29) is 18.4 Å². The minimum atomic E-state index is -0.681.